The number of nitrogens with one attached hydrogen (secondary N) is 1. The molecule has 0 amide bonds. The van der Waals surface area contributed by atoms with Crippen molar-refractivity contribution in [2.45, 2.75) is 37.4 Å². The van der Waals surface area contributed by atoms with Gasteiger partial charge < -0.3 is 0 Å². The molecule has 6 rings (SSSR count). The lowest BCUT2D eigenvalue weighted by Gasteiger charge is -2.33. The smallest absolute Gasteiger partial charge is 0.244 e. The minimum atomic E-state index is -4.60. The van der Waals surface area contributed by atoms with Crippen LogP contribution in [0.3, 0.4) is 0 Å². The van der Waals surface area contributed by atoms with Gasteiger partial charge in [-0.15, -0.1) is 11.3 Å². The van der Waals surface area contributed by atoms with E-state index < -0.39 is 28.5 Å². The summed E-state index contributed by atoms with van der Waals surface area (Å²) < 4.78 is 82.1. The van der Waals surface area contributed by atoms with Crippen molar-refractivity contribution in [3.63, 3.8) is 0 Å². The van der Waals surface area contributed by atoms with Gasteiger partial charge >= 0.3 is 6.18 Å². The maximum absolute atomic E-state index is 14.2. The lowest BCUT2D eigenvalue weighted by Crippen LogP contribution is -2.52. The number of rotatable bonds is 3. The second-order valence-corrected chi connectivity index (χ2v) is 12.6. The number of nitrogens with zero attached hydrogens (tertiary/aromatic N) is 2. The summed E-state index contributed by atoms with van der Waals surface area (Å²) in [7, 11) is -4.21. The third-order valence-corrected chi connectivity index (χ3v) is 10.5. The number of hydrogen-bond donors (Lipinski definition) is 1. The molecule has 1 spiro atoms. The molecule has 3 aromatic rings. The van der Waals surface area contributed by atoms with Crippen molar-refractivity contribution in [3.8, 4) is 21.0 Å². The van der Waals surface area contributed by atoms with Crippen LogP contribution in [0.5, 0.6) is 0 Å². The molecule has 1 saturated heterocycles. The van der Waals surface area contributed by atoms with Crippen molar-refractivity contribution in [1.82, 2.24) is 14.0 Å². The van der Waals surface area contributed by atoms with Crippen LogP contribution in [-0.2, 0) is 23.1 Å². The first kappa shape index (κ1) is 24.0. The monoisotopic (exact) mass is 537 g/mol. The zero-order valence-corrected chi connectivity index (χ0v) is 20.7. The predicted molar refractivity (Wildman–Crippen MR) is 129 cm³/mol. The van der Waals surface area contributed by atoms with Crippen molar-refractivity contribution in [2.24, 2.45) is 11.8 Å². The van der Waals surface area contributed by atoms with Crippen LogP contribution in [0.25, 0.3) is 21.0 Å². The number of aromatic nitrogens is 1. The highest BCUT2D eigenvalue weighted by Crippen LogP contribution is 2.51. The van der Waals surface area contributed by atoms with E-state index in [1.165, 1.54) is 17.4 Å². The highest BCUT2D eigenvalue weighted by atomic mass is 32.2. The first-order chi connectivity index (χ1) is 17.0. The summed E-state index contributed by atoms with van der Waals surface area (Å²) in [4.78, 5) is 5.23. The SMILES string of the molecule is O=S1(=O)N[C@]2(CN1CC(F)(F)F)[C@@H]1CC[C@H]2Cc2cc(-c3ncc(-c4ccccc4F)s3)ccc2C1. The van der Waals surface area contributed by atoms with Gasteiger partial charge in [0.2, 0.25) is 0 Å². The van der Waals surface area contributed by atoms with Crippen molar-refractivity contribution in [2.75, 3.05) is 13.1 Å². The van der Waals surface area contributed by atoms with E-state index in [4.69, 9.17) is 0 Å². The average Bonchev–Trinajstić information content (AvgIpc) is 3.43. The van der Waals surface area contributed by atoms with E-state index in [0.29, 0.717) is 22.7 Å². The summed E-state index contributed by atoms with van der Waals surface area (Å²) in [5.41, 5.74) is 2.63. The molecule has 1 aliphatic heterocycles. The molecule has 1 aromatic heterocycles. The summed E-state index contributed by atoms with van der Waals surface area (Å²) in [6.45, 7) is -1.64. The van der Waals surface area contributed by atoms with E-state index in [9.17, 15) is 26.0 Å². The summed E-state index contributed by atoms with van der Waals surface area (Å²) in [5, 5.41) is 0.748. The second kappa shape index (κ2) is 8.34. The molecule has 5 nitrogen and oxygen atoms in total. The Hall–Kier alpha value is -2.34. The Morgan fingerprint density at radius 3 is 2.53 bits per heavy atom. The van der Waals surface area contributed by atoms with Crippen LogP contribution in [-0.4, -0.2) is 42.5 Å². The largest absolute Gasteiger partial charge is 0.402 e. The van der Waals surface area contributed by atoms with Gasteiger partial charge in [0.25, 0.3) is 10.2 Å². The maximum Gasteiger partial charge on any atom is 0.402 e. The minimum absolute atomic E-state index is 0.0740. The first-order valence-electron chi connectivity index (χ1n) is 11.7. The normalized spacial score (nSPS) is 27.3. The van der Waals surface area contributed by atoms with Gasteiger partial charge in [0.1, 0.15) is 17.4 Å². The number of halogens is 4. The fourth-order valence-electron chi connectivity index (χ4n) is 6.17. The molecule has 2 aliphatic carbocycles. The molecule has 1 N–H and O–H groups in total. The maximum atomic E-state index is 14.2. The molecule has 2 bridgehead atoms. The summed E-state index contributed by atoms with van der Waals surface area (Å²) in [5.74, 6) is -0.484. The number of thiazole rings is 1. The van der Waals surface area contributed by atoms with Crippen LogP contribution in [0.4, 0.5) is 17.6 Å². The molecule has 2 aromatic carbocycles. The Balaban J connectivity index is 1.30. The quantitative estimate of drug-likeness (QED) is 0.468. The second-order valence-electron chi connectivity index (χ2n) is 9.90. The zero-order chi connectivity index (χ0) is 25.3. The van der Waals surface area contributed by atoms with Crippen molar-refractivity contribution in [3.05, 3.63) is 65.6 Å². The van der Waals surface area contributed by atoms with Crippen LogP contribution in [0, 0.1) is 17.7 Å². The summed E-state index contributed by atoms with van der Waals surface area (Å²) in [6, 6.07) is 12.6. The van der Waals surface area contributed by atoms with Crippen LogP contribution < -0.4 is 4.72 Å². The van der Waals surface area contributed by atoms with Gasteiger partial charge in [0.05, 0.1) is 10.4 Å². The van der Waals surface area contributed by atoms with Crippen molar-refractivity contribution < 1.29 is 26.0 Å². The van der Waals surface area contributed by atoms with Crippen LogP contribution in [0.2, 0.25) is 0 Å². The standard InChI is InChI=1S/C25H23F4N3O2S2/c26-21-4-2-1-3-20(21)22-12-30-23(35-22)16-6-5-15-10-18-7-8-19(11-17(15)9-16)24(18)13-32(14-25(27,28)29)36(33,34)31-24/h1-6,9,12,18-19,31H,7-8,10-11,13-14H2/t18-,19+,24-/m1/s1. The Bertz CT molecular complexity index is 1440. The lowest BCUT2D eigenvalue weighted by atomic mass is 9.79. The van der Waals surface area contributed by atoms with Crippen LogP contribution in [0.1, 0.15) is 24.0 Å². The minimum Gasteiger partial charge on any atom is -0.244 e. The third kappa shape index (κ3) is 4.06. The van der Waals surface area contributed by atoms with E-state index in [1.807, 2.05) is 18.2 Å². The Labute approximate surface area is 210 Å². The number of benzene rings is 2. The fraction of sp³-hybridized carbons (Fsp3) is 0.400. The van der Waals surface area contributed by atoms with Gasteiger partial charge in [-0.05, 0) is 60.8 Å². The van der Waals surface area contributed by atoms with Gasteiger partial charge in [-0.1, -0.05) is 30.3 Å². The number of hydrogen-bond acceptors (Lipinski definition) is 4. The molecule has 0 unspecified atom stereocenters. The highest BCUT2D eigenvalue weighted by Gasteiger charge is 2.60. The molecular weight excluding hydrogens is 514 g/mol. The topological polar surface area (TPSA) is 62.3 Å². The van der Waals surface area contributed by atoms with E-state index in [1.54, 1.807) is 24.4 Å². The Morgan fingerprint density at radius 1 is 1.08 bits per heavy atom. The number of fused-ring (bicyclic) bond motifs is 1. The summed E-state index contributed by atoms with van der Waals surface area (Å²) in [6.07, 6.45) is -0.237. The molecule has 36 heavy (non-hydrogen) atoms. The predicted octanol–water partition coefficient (Wildman–Crippen LogP) is 5.19. The van der Waals surface area contributed by atoms with Gasteiger partial charge in [0, 0.05) is 23.9 Å². The van der Waals surface area contributed by atoms with Gasteiger partial charge in [-0.3, -0.25) is 0 Å². The fourth-order valence-corrected chi connectivity index (χ4v) is 8.82. The Kier molecular flexibility index (Phi) is 5.56. The first-order valence-corrected chi connectivity index (χ1v) is 14.0. The van der Waals surface area contributed by atoms with Gasteiger partial charge in [0.15, 0.2) is 0 Å². The van der Waals surface area contributed by atoms with E-state index in [2.05, 4.69) is 9.71 Å². The number of alkyl halides is 3. The average molecular weight is 538 g/mol. The molecule has 1 saturated carbocycles. The molecule has 2 heterocycles. The molecule has 190 valence electrons. The van der Waals surface area contributed by atoms with Crippen molar-refractivity contribution in [1.29, 1.82) is 0 Å². The van der Waals surface area contributed by atoms with Crippen LogP contribution >= 0.6 is 11.3 Å². The molecule has 2 fully saturated rings. The zero-order valence-electron chi connectivity index (χ0n) is 19.1. The van der Waals surface area contributed by atoms with Crippen LogP contribution in [0.15, 0.2) is 48.7 Å². The Morgan fingerprint density at radius 2 is 1.81 bits per heavy atom. The van der Waals surface area contributed by atoms with E-state index in [-0.39, 0.29) is 24.2 Å². The molecule has 3 atom stereocenters. The third-order valence-electron chi connectivity index (χ3n) is 7.80. The van der Waals surface area contributed by atoms with E-state index in [0.717, 1.165) is 39.4 Å². The molecular formula is C25H23F4N3O2S2. The molecule has 0 radical (unpaired) electrons. The lowest BCUT2D eigenvalue weighted by molar-refractivity contribution is -0.136. The highest BCUT2D eigenvalue weighted by molar-refractivity contribution is 7.87. The molecule has 3 aliphatic rings. The van der Waals surface area contributed by atoms with E-state index >= 15 is 0 Å². The van der Waals surface area contributed by atoms with Gasteiger partial charge in [-0.2, -0.15) is 30.6 Å². The van der Waals surface area contributed by atoms with Gasteiger partial charge in [-0.25, -0.2) is 9.37 Å². The van der Waals surface area contributed by atoms with Crippen molar-refractivity contribution >= 4 is 21.5 Å². The molecule has 11 heteroatoms. The summed E-state index contributed by atoms with van der Waals surface area (Å²) >= 11 is 1.39.